The summed E-state index contributed by atoms with van der Waals surface area (Å²) in [5.41, 5.74) is -1.03. The molecule has 1 fully saturated rings. The number of carbonyl (C=O) groups is 3. The van der Waals surface area contributed by atoms with Crippen LogP contribution in [0.15, 0.2) is 18.2 Å². The van der Waals surface area contributed by atoms with Crippen molar-refractivity contribution in [2.75, 3.05) is 6.54 Å². The summed E-state index contributed by atoms with van der Waals surface area (Å²) in [6, 6.07) is 4.90. The molecule has 1 amide bonds. The minimum atomic E-state index is -1.74. The molecule has 1 unspecified atom stereocenters. The first kappa shape index (κ1) is 15.8. The molecule has 1 aromatic carbocycles. The summed E-state index contributed by atoms with van der Waals surface area (Å²) in [7, 11) is 0. The molecule has 2 rings (SSSR count). The van der Waals surface area contributed by atoms with E-state index in [0.29, 0.717) is 15.6 Å². The average Bonchev–Trinajstić information content (AvgIpc) is 2.43. The van der Waals surface area contributed by atoms with Crippen LogP contribution in [0.2, 0.25) is 10.0 Å². The Labute approximate surface area is 131 Å². The predicted octanol–water partition coefficient (Wildman–Crippen LogP) is 1.05. The number of aliphatic carboxylic acids is 1. The maximum Gasteiger partial charge on any atom is 0.291 e. The molecule has 1 aromatic rings. The standard InChI is InChI=1S/C14H13Cl2NO4/c1-14(13(20)21)4-5-17(12(19)11(14)18)7-8-2-3-9(15)10(16)6-8/h2-3,6H,4-5,7H2,1H3,(H,20,21)/p-1. The lowest BCUT2D eigenvalue weighted by molar-refractivity contribution is -0.316. The fourth-order valence-corrected chi connectivity index (χ4v) is 2.48. The predicted molar refractivity (Wildman–Crippen MR) is 74.6 cm³/mol. The number of piperidine rings is 1. The summed E-state index contributed by atoms with van der Waals surface area (Å²) in [4.78, 5) is 36.3. The molecular formula is C14H12Cl2NO4-. The molecule has 5 nitrogen and oxygen atoms in total. The van der Waals surface area contributed by atoms with Crippen molar-refractivity contribution >= 4 is 40.9 Å². The van der Waals surface area contributed by atoms with Gasteiger partial charge < -0.3 is 14.8 Å². The lowest BCUT2D eigenvalue weighted by atomic mass is 9.79. The Balaban J connectivity index is 2.17. The third kappa shape index (κ3) is 2.89. The smallest absolute Gasteiger partial charge is 0.291 e. The Morgan fingerprint density at radius 3 is 2.57 bits per heavy atom. The van der Waals surface area contributed by atoms with Gasteiger partial charge in [-0.3, -0.25) is 9.59 Å². The summed E-state index contributed by atoms with van der Waals surface area (Å²) in [6.45, 7) is 1.55. The third-order valence-corrected chi connectivity index (χ3v) is 4.41. The van der Waals surface area contributed by atoms with Crippen LogP contribution in [-0.4, -0.2) is 29.1 Å². The molecule has 112 valence electrons. The topological polar surface area (TPSA) is 77.5 Å². The highest BCUT2D eigenvalue weighted by atomic mass is 35.5. The SMILES string of the molecule is CC1(C(=O)[O-])CCN(Cc2ccc(Cl)c(Cl)c2)C(=O)C1=O. The molecule has 0 saturated carbocycles. The van der Waals surface area contributed by atoms with Gasteiger partial charge >= 0.3 is 0 Å². The van der Waals surface area contributed by atoms with E-state index in [1.165, 1.54) is 11.8 Å². The molecule has 1 atom stereocenters. The molecule has 1 aliphatic rings. The van der Waals surface area contributed by atoms with Crippen molar-refractivity contribution < 1.29 is 19.5 Å². The molecule has 0 spiro atoms. The zero-order valence-corrected chi connectivity index (χ0v) is 12.7. The van der Waals surface area contributed by atoms with Gasteiger partial charge in [-0.1, -0.05) is 29.3 Å². The van der Waals surface area contributed by atoms with Crippen molar-refractivity contribution in [3.05, 3.63) is 33.8 Å². The van der Waals surface area contributed by atoms with Crippen LogP contribution in [0.5, 0.6) is 0 Å². The van der Waals surface area contributed by atoms with Crippen molar-refractivity contribution in [3.8, 4) is 0 Å². The second-order valence-electron chi connectivity index (χ2n) is 5.17. The fourth-order valence-electron chi connectivity index (χ4n) is 2.16. The van der Waals surface area contributed by atoms with Gasteiger partial charge in [0.25, 0.3) is 5.91 Å². The van der Waals surface area contributed by atoms with Crippen molar-refractivity contribution in [2.45, 2.75) is 19.9 Å². The van der Waals surface area contributed by atoms with E-state index < -0.39 is 23.1 Å². The Bertz CT molecular complexity index is 631. The lowest BCUT2D eigenvalue weighted by Crippen LogP contribution is -2.57. The van der Waals surface area contributed by atoms with E-state index in [1.807, 2.05) is 0 Å². The van der Waals surface area contributed by atoms with E-state index in [4.69, 9.17) is 23.2 Å². The number of Topliss-reactive ketones (excluding diaryl/α,β-unsaturated/α-hetero) is 1. The van der Waals surface area contributed by atoms with E-state index >= 15 is 0 Å². The van der Waals surface area contributed by atoms with Crippen LogP contribution in [0.4, 0.5) is 0 Å². The number of carbonyl (C=O) groups excluding carboxylic acids is 3. The number of hydrogen-bond donors (Lipinski definition) is 0. The molecule has 0 aromatic heterocycles. The van der Waals surface area contributed by atoms with Crippen LogP contribution in [0.1, 0.15) is 18.9 Å². The number of nitrogens with zero attached hydrogens (tertiary/aromatic N) is 1. The van der Waals surface area contributed by atoms with Crippen molar-refractivity contribution in [1.82, 2.24) is 4.90 Å². The Kier molecular flexibility index (Phi) is 4.25. The normalized spacial score (nSPS) is 22.5. The number of carboxylic acids is 1. The molecule has 0 radical (unpaired) electrons. The number of rotatable bonds is 3. The monoisotopic (exact) mass is 328 g/mol. The van der Waals surface area contributed by atoms with Gasteiger partial charge in [0.15, 0.2) is 0 Å². The van der Waals surface area contributed by atoms with Crippen LogP contribution in [-0.2, 0) is 20.9 Å². The summed E-state index contributed by atoms with van der Waals surface area (Å²) in [5, 5.41) is 11.8. The van der Waals surface area contributed by atoms with Crippen LogP contribution in [0.3, 0.4) is 0 Å². The highest BCUT2D eigenvalue weighted by molar-refractivity contribution is 6.42. The lowest BCUT2D eigenvalue weighted by Gasteiger charge is -2.37. The van der Waals surface area contributed by atoms with Gasteiger partial charge in [-0.05, 0) is 31.0 Å². The second-order valence-corrected chi connectivity index (χ2v) is 5.99. The average molecular weight is 329 g/mol. The molecule has 0 aliphatic carbocycles. The number of ketones is 1. The number of benzene rings is 1. The zero-order valence-electron chi connectivity index (χ0n) is 11.2. The fraction of sp³-hybridized carbons (Fsp3) is 0.357. The largest absolute Gasteiger partial charge is 0.549 e. The molecule has 0 bridgehead atoms. The van der Waals surface area contributed by atoms with E-state index in [0.717, 1.165) is 0 Å². The van der Waals surface area contributed by atoms with Crippen LogP contribution >= 0.6 is 23.2 Å². The first-order chi connectivity index (χ1) is 9.75. The minimum absolute atomic E-state index is 0.0290. The van der Waals surface area contributed by atoms with Gasteiger partial charge in [-0.2, -0.15) is 0 Å². The van der Waals surface area contributed by atoms with Crippen LogP contribution in [0.25, 0.3) is 0 Å². The number of hydrogen-bond acceptors (Lipinski definition) is 4. The first-order valence-electron chi connectivity index (χ1n) is 6.25. The molecule has 1 aliphatic heterocycles. The molecular weight excluding hydrogens is 317 g/mol. The Morgan fingerprint density at radius 2 is 2.00 bits per heavy atom. The number of likely N-dealkylation sites (tertiary alicyclic amines) is 1. The van der Waals surface area contributed by atoms with Gasteiger partial charge in [0.05, 0.1) is 21.4 Å². The van der Waals surface area contributed by atoms with Gasteiger partial charge in [-0.25, -0.2) is 0 Å². The van der Waals surface area contributed by atoms with Gasteiger partial charge in [-0.15, -0.1) is 0 Å². The molecule has 7 heteroatoms. The Morgan fingerprint density at radius 1 is 1.33 bits per heavy atom. The summed E-state index contributed by atoms with van der Waals surface area (Å²) in [5.74, 6) is -3.29. The maximum absolute atomic E-state index is 12.0. The van der Waals surface area contributed by atoms with Crippen molar-refractivity contribution in [3.63, 3.8) is 0 Å². The van der Waals surface area contributed by atoms with Gasteiger partial charge in [0, 0.05) is 13.1 Å². The number of halogens is 2. The second kappa shape index (κ2) is 5.66. The van der Waals surface area contributed by atoms with E-state index in [2.05, 4.69) is 0 Å². The van der Waals surface area contributed by atoms with Crippen molar-refractivity contribution in [1.29, 1.82) is 0 Å². The van der Waals surface area contributed by atoms with Crippen LogP contribution in [0, 0.1) is 5.41 Å². The third-order valence-electron chi connectivity index (χ3n) is 3.67. The molecule has 1 heterocycles. The highest BCUT2D eigenvalue weighted by Gasteiger charge is 2.45. The highest BCUT2D eigenvalue weighted by Crippen LogP contribution is 2.29. The van der Waals surface area contributed by atoms with E-state index in [1.54, 1.807) is 18.2 Å². The number of amides is 1. The molecule has 21 heavy (non-hydrogen) atoms. The van der Waals surface area contributed by atoms with Gasteiger partial charge in [0.2, 0.25) is 5.78 Å². The summed E-state index contributed by atoms with van der Waals surface area (Å²) >= 11 is 11.7. The maximum atomic E-state index is 12.0. The molecule has 1 saturated heterocycles. The summed E-state index contributed by atoms with van der Waals surface area (Å²) < 4.78 is 0. The van der Waals surface area contributed by atoms with Crippen LogP contribution < -0.4 is 5.11 Å². The zero-order chi connectivity index (χ0) is 15.8. The first-order valence-corrected chi connectivity index (χ1v) is 7.00. The van der Waals surface area contributed by atoms with E-state index in [9.17, 15) is 19.5 Å². The van der Waals surface area contributed by atoms with E-state index in [-0.39, 0.29) is 19.5 Å². The molecule has 0 N–H and O–H groups in total. The quantitative estimate of drug-likeness (QED) is 0.613. The van der Waals surface area contributed by atoms with Gasteiger partial charge in [0.1, 0.15) is 0 Å². The minimum Gasteiger partial charge on any atom is -0.549 e. The summed E-state index contributed by atoms with van der Waals surface area (Å²) in [6.07, 6.45) is 0.0290. The number of carboxylic acid groups (broad SMARTS) is 1. The Hall–Kier alpha value is -1.59. The van der Waals surface area contributed by atoms with Crippen molar-refractivity contribution in [2.24, 2.45) is 5.41 Å².